The highest BCUT2D eigenvalue weighted by molar-refractivity contribution is 5.71. The number of carbonyl (C=O) groups excluding carboxylic acids is 1. The average Bonchev–Trinajstić information content (AvgIpc) is 3.52. The highest BCUT2D eigenvalue weighted by Gasteiger charge is 2.38. The Morgan fingerprint density at radius 2 is 1.85 bits per heavy atom. The Morgan fingerprint density at radius 3 is 2.64 bits per heavy atom. The molecular weight excluding hydrogens is 507 g/mol. The maximum Gasteiger partial charge on any atom is 0.416 e. The maximum atomic E-state index is 14.1. The van der Waals surface area contributed by atoms with Crippen molar-refractivity contribution in [1.82, 2.24) is 4.90 Å². The van der Waals surface area contributed by atoms with Crippen molar-refractivity contribution in [3.05, 3.63) is 93.5 Å². The molecule has 2 aliphatic heterocycles. The molecule has 0 aromatic heterocycles. The van der Waals surface area contributed by atoms with E-state index in [0.717, 1.165) is 29.7 Å². The van der Waals surface area contributed by atoms with E-state index in [4.69, 9.17) is 14.2 Å². The smallest absolute Gasteiger partial charge is 0.416 e. The van der Waals surface area contributed by atoms with E-state index >= 15 is 0 Å². The number of ether oxygens (including phenoxy) is 3. The molecule has 2 heterocycles. The summed E-state index contributed by atoms with van der Waals surface area (Å²) in [5, 5.41) is 0. The molecular formula is C31H30F3NO4. The molecule has 0 saturated carbocycles. The van der Waals surface area contributed by atoms with Crippen LogP contribution >= 0.6 is 0 Å². The zero-order valence-corrected chi connectivity index (χ0v) is 21.7. The summed E-state index contributed by atoms with van der Waals surface area (Å²) in [6.45, 7) is 2.02. The van der Waals surface area contributed by atoms with Crippen molar-refractivity contribution < 1.29 is 32.2 Å². The fourth-order valence-corrected chi connectivity index (χ4v) is 6.17. The van der Waals surface area contributed by atoms with E-state index in [0.29, 0.717) is 43.1 Å². The van der Waals surface area contributed by atoms with E-state index in [-0.39, 0.29) is 31.0 Å². The van der Waals surface area contributed by atoms with Crippen molar-refractivity contribution in [2.24, 2.45) is 0 Å². The Bertz CT molecular complexity index is 1400. The molecule has 6 rings (SSSR count). The number of esters is 1. The van der Waals surface area contributed by atoms with Gasteiger partial charge < -0.3 is 14.2 Å². The molecule has 39 heavy (non-hydrogen) atoms. The Hall–Kier alpha value is -3.52. The van der Waals surface area contributed by atoms with Gasteiger partial charge in [-0.3, -0.25) is 9.69 Å². The zero-order valence-electron chi connectivity index (χ0n) is 21.7. The molecule has 0 radical (unpaired) electrons. The maximum absolute atomic E-state index is 14.1. The summed E-state index contributed by atoms with van der Waals surface area (Å²) in [6, 6.07) is 16.5. The number of hydrogen-bond donors (Lipinski definition) is 0. The molecule has 3 aromatic rings. The van der Waals surface area contributed by atoms with Crippen LogP contribution in [0.25, 0.3) is 0 Å². The monoisotopic (exact) mass is 537 g/mol. The molecule has 3 aliphatic rings. The molecule has 5 nitrogen and oxygen atoms in total. The standard InChI is InChI=1S/C31H30F3NO4/c1-37-30(36)14-21-18-38-29-15-22(6-7-23(21)29)39-28-11-9-24-25(28)8-10-27(31(32,33)34)26(24)17-35-13-12-19-4-2-3-5-20(19)16-35/h2-8,10,15,21,28H,9,11-14,16-18H2,1H3/t21-,28-/m1/s1. The summed E-state index contributed by atoms with van der Waals surface area (Å²) in [6.07, 6.45) is -2.55. The number of halogens is 3. The predicted molar refractivity (Wildman–Crippen MR) is 139 cm³/mol. The summed E-state index contributed by atoms with van der Waals surface area (Å²) >= 11 is 0. The van der Waals surface area contributed by atoms with Crippen molar-refractivity contribution >= 4 is 5.97 Å². The van der Waals surface area contributed by atoms with Crippen molar-refractivity contribution in [2.75, 3.05) is 20.3 Å². The van der Waals surface area contributed by atoms with Crippen LogP contribution in [0, 0.1) is 0 Å². The van der Waals surface area contributed by atoms with Crippen LogP contribution in [0.5, 0.6) is 11.5 Å². The van der Waals surface area contributed by atoms with E-state index in [1.807, 2.05) is 24.3 Å². The van der Waals surface area contributed by atoms with Gasteiger partial charge in [-0.2, -0.15) is 13.2 Å². The second-order valence-electron chi connectivity index (χ2n) is 10.5. The molecule has 0 amide bonds. The zero-order chi connectivity index (χ0) is 27.1. The van der Waals surface area contributed by atoms with Crippen molar-refractivity contribution in [3.8, 4) is 11.5 Å². The first kappa shape index (κ1) is 25.7. The third-order valence-corrected chi connectivity index (χ3v) is 8.15. The van der Waals surface area contributed by atoms with E-state index in [1.54, 1.807) is 12.1 Å². The van der Waals surface area contributed by atoms with Gasteiger partial charge in [0.2, 0.25) is 0 Å². The number of hydrogen-bond acceptors (Lipinski definition) is 5. The summed E-state index contributed by atoms with van der Waals surface area (Å²) in [7, 11) is 1.37. The van der Waals surface area contributed by atoms with Crippen LogP contribution < -0.4 is 9.47 Å². The van der Waals surface area contributed by atoms with Gasteiger partial charge in [-0.05, 0) is 59.2 Å². The summed E-state index contributed by atoms with van der Waals surface area (Å²) in [4.78, 5) is 13.8. The SMILES string of the molecule is COC(=O)C[C@@H]1COc2cc(O[C@@H]3CCc4c3ccc(C(F)(F)F)c4CN3CCc4ccccc4C3)ccc21. The summed E-state index contributed by atoms with van der Waals surface area (Å²) in [5.41, 5.74) is 4.77. The highest BCUT2D eigenvalue weighted by Crippen LogP contribution is 2.44. The van der Waals surface area contributed by atoms with Crippen LogP contribution in [0.3, 0.4) is 0 Å². The first-order valence-electron chi connectivity index (χ1n) is 13.3. The minimum atomic E-state index is -4.42. The van der Waals surface area contributed by atoms with Gasteiger partial charge in [-0.1, -0.05) is 36.4 Å². The second kappa shape index (κ2) is 10.2. The predicted octanol–water partition coefficient (Wildman–Crippen LogP) is 6.37. The van der Waals surface area contributed by atoms with E-state index in [1.165, 1.54) is 24.3 Å². The van der Waals surface area contributed by atoms with Gasteiger partial charge in [-0.15, -0.1) is 0 Å². The van der Waals surface area contributed by atoms with Gasteiger partial charge in [0.25, 0.3) is 0 Å². The lowest BCUT2D eigenvalue weighted by Gasteiger charge is -2.30. The van der Waals surface area contributed by atoms with Crippen molar-refractivity contribution in [1.29, 1.82) is 0 Å². The van der Waals surface area contributed by atoms with E-state index < -0.39 is 11.7 Å². The third kappa shape index (κ3) is 5.10. The Morgan fingerprint density at radius 1 is 1.05 bits per heavy atom. The quantitative estimate of drug-likeness (QED) is 0.342. The number of rotatable bonds is 6. The minimum absolute atomic E-state index is 0.0705. The Kier molecular flexibility index (Phi) is 6.75. The van der Waals surface area contributed by atoms with E-state index in [9.17, 15) is 18.0 Å². The lowest BCUT2D eigenvalue weighted by atomic mass is 9.94. The fraction of sp³-hybridized carbons (Fsp3) is 0.387. The molecule has 3 aromatic carbocycles. The molecule has 0 spiro atoms. The molecule has 0 N–H and O–H groups in total. The number of methoxy groups -OCH3 is 1. The van der Waals surface area contributed by atoms with Crippen molar-refractivity contribution in [3.63, 3.8) is 0 Å². The molecule has 2 atom stereocenters. The molecule has 0 fully saturated rings. The molecule has 0 saturated heterocycles. The lowest BCUT2D eigenvalue weighted by molar-refractivity contribution is -0.141. The Balaban J connectivity index is 1.24. The van der Waals surface area contributed by atoms with Gasteiger partial charge in [-0.25, -0.2) is 0 Å². The second-order valence-corrected chi connectivity index (χ2v) is 10.5. The van der Waals surface area contributed by atoms with Gasteiger partial charge in [0.15, 0.2) is 0 Å². The van der Waals surface area contributed by atoms with Crippen LogP contribution in [0.15, 0.2) is 54.6 Å². The van der Waals surface area contributed by atoms with Gasteiger partial charge in [0, 0.05) is 37.2 Å². The molecule has 1 aliphatic carbocycles. The van der Waals surface area contributed by atoms with Crippen LogP contribution in [0.4, 0.5) is 13.2 Å². The molecule has 8 heteroatoms. The molecule has 0 bridgehead atoms. The number of fused-ring (bicyclic) bond motifs is 3. The van der Waals surface area contributed by atoms with Crippen LogP contribution in [-0.2, 0) is 41.6 Å². The van der Waals surface area contributed by atoms with E-state index in [2.05, 4.69) is 17.0 Å². The van der Waals surface area contributed by atoms with Crippen LogP contribution in [-0.4, -0.2) is 31.1 Å². The molecule has 204 valence electrons. The number of carbonyl (C=O) groups is 1. The fourth-order valence-electron chi connectivity index (χ4n) is 6.17. The summed E-state index contributed by atoms with van der Waals surface area (Å²) in [5.74, 6) is 0.901. The first-order valence-corrected chi connectivity index (χ1v) is 13.3. The van der Waals surface area contributed by atoms with Crippen LogP contribution in [0.1, 0.15) is 63.8 Å². The molecule has 0 unspecified atom stereocenters. The normalized spacial score (nSPS) is 20.1. The highest BCUT2D eigenvalue weighted by atomic mass is 19.4. The van der Waals surface area contributed by atoms with Crippen LogP contribution in [0.2, 0.25) is 0 Å². The van der Waals surface area contributed by atoms with Gasteiger partial charge in [0.05, 0.1) is 25.7 Å². The summed E-state index contributed by atoms with van der Waals surface area (Å²) < 4.78 is 59.3. The first-order chi connectivity index (χ1) is 18.8. The van der Waals surface area contributed by atoms with Crippen molar-refractivity contribution in [2.45, 2.75) is 57.0 Å². The number of benzene rings is 3. The van der Waals surface area contributed by atoms with Gasteiger partial charge in [0.1, 0.15) is 17.6 Å². The topological polar surface area (TPSA) is 48.0 Å². The third-order valence-electron chi connectivity index (χ3n) is 8.15. The average molecular weight is 538 g/mol. The minimum Gasteiger partial charge on any atom is -0.492 e. The lowest BCUT2D eigenvalue weighted by Crippen LogP contribution is -2.31. The number of nitrogens with zero attached hydrogens (tertiary/aromatic N) is 1. The van der Waals surface area contributed by atoms with Gasteiger partial charge >= 0.3 is 12.1 Å². The number of alkyl halides is 3. The largest absolute Gasteiger partial charge is 0.492 e. The Labute approximate surface area is 225 Å².